The zero-order valence-electron chi connectivity index (χ0n) is 9.85. The highest BCUT2D eigenvalue weighted by Crippen LogP contribution is 1.98. The zero-order valence-corrected chi connectivity index (χ0v) is 9.85. The van der Waals surface area contributed by atoms with Crippen molar-refractivity contribution in [2.24, 2.45) is 11.7 Å². The number of urea groups is 1. The average molecular weight is 201 g/mol. The van der Waals surface area contributed by atoms with Crippen molar-refractivity contribution >= 4 is 6.03 Å². The zero-order chi connectivity index (χ0) is 11.4. The molecule has 0 fully saturated rings. The van der Waals surface area contributed by atoms with Crippen molar-refractivity contribution < 1.29 is 4.79 Å². The fraction of sp³-hybridized carbons (Fsp3) is 0.900. The molecule has 1 unspecified atom stereocenters. The second kappa shape index (κ2) is 5.20. The summed E-state index contributed by atoms with van der Waals surface area (Å²) in [5.41, 5.74) is 5.58. The van der Waals surface area contributed by atoms with Gasteiger partial charge in [-0.25, -0.2) is 4.79 Å². The lowest BCUT2D eigenvalue weighted by Crippen LogP contribution is -2.50. The molecular weight excluding hydrogens is 178 g/mol. The third kappa shape index (κ3) is 6.71. The molecule has 84 valence electrons. The largest absolute Gasteiger partial charge is 0.337 e. The van der Waals surface area contributed by atoms with Gasteiger partial charge in [-0.3, -0.25) is 0 Å². The molecule has 0 aliphatic rings. The van der Waals surface area contributed by atoms with Gasteiger partial charge < -0.3 is 16.4 Å². The van der Waals surface area contributed by atoms with E-state index in [-0.39, 0.29) is 17.6 Å². The molecule has 0 aromatic rings. The Kier molecular flexibility index (Phi) is 4.91. The van der Waals surface area contributed by atoms with E-state index in [4.69, 9.17) is 5.73 Å². The smallest absolute Gasteiger partial charge is 0.315 e. The van der Waals surface area contributed by atoms with Crippen molar-refractivity contribution in [1.82, 2.24) is 10.6 Å². The molecule has 2 amide bonds. The molecule has 0 bridgehead atoms. The van der Waals surface area contributed by atoms with Crippen molar-refractivity contribution in [3.05, 3.63) is 0 Å². The lowest BCUT2D eigenvalue weighted by atomic mass is 10.1. The summed E-state index contributed by atoms with van der Waals surface area (Å²) in [5, 5.41) is 5.55. The van der Waals surface area contributed by atoms with Crippen LogP contribution in [0.25, 0.3) is 0 Å². The normalized spacial score (nSPS) is 13.9. The Morgan fingerprint density at radius 3 is 2.21 bits per heavy atom. The molecule has 0 spiro atoms. The standard InChI is InChI=1S/C10H23N3O/c1-7(2)8(11)6-12-9(14)13-10(3,4)5/h7-8H,6,11H2,1-5H3,(H2,12,13,14). The highest BCUT2D eigenvalue weighted by Gasteiger charge is 2.14. The molecule has 0 aromatic carbocycles. The van der Waals surface area contributed by atoms with E-state index in [1.165, 1.54) is 0 Å². The maximum atomic E-state index is 11.3. The molecule has 4 N–H and O–H groups in total. The lowest BCUT2D eigenvalue weighted by molar-refractivity contribution is 0.230. The van der Waals surface area contributed by atoms with Crippen LogP contribution in [0, 0.1) is 5.92 Å². The maximum Gasteiger partial charge on any atom is 0.315 e. The molecular formula is C10H23N3O. The van der Waals surface area contributed by atoms with Gasteiger partial charge in [0.15, 0.2) is 0 Å². The first kappa shape index (κ1) is 13.2. The van der Waals surface area contributed by atoms with Crippen molar-refractivity contribution in [2.75, 3.05) is 6.54 Å². The van der Waals surface area contributed by atoms with Crippen LogP contribution in [0.3, 0.4) is 0 Å². The summed E-state index contributed by atoms with van der Waals surface area (Å²) < 4.78 is 0. The summed E-state index contributed by atoms with van der Waals surface area (Å²) in [6.07, 6.45) is 0. The summed E-state index contributed by atoms with van der Waals surface area (Å²) in [7, 11) is 0. The van der Waals surface area contributed by atoms with Gasteiger partial charge in [0.05, 0.1) is 0 Å². The van der Waals surface area contributed by atoms with E-state index in [0.29, 0.717) is 12.5 Å². The van der Waals surface area contributed by atoms with Crippen LogP contribution >= 0.6 is 0 Å². The van der Waals surface area contributed by atoms with Gasteiger partial charge in [-0.2, -0.15) is 0 Å². The minimum absolute atomic E-state index is 0.0146. The van der Waals surface area contributed by atoms with Crippen LogP contribution in [-0.2, 0) is 0 Å². The third-order valence-corrected chi connectivity index (χ3v) is 1.84. The predicted octanol–water partition coefficient (Wildman–Crippen LogP) is 1.07. The number of carbonyl (C=O) groups excluding carboxylic acids is 1. The van der Waals surface area contributed by atoms with Crippen LogP contribution in [0.4, 0.5) is 4.79 Å². The minimum atomic E-state index is -0.202. The number of carbonyl (C=O) groups is 1. The summed E-state index contributed by atoms with van der Waals surface area (Å²) in [4.78, 5) is 11.3. The van der Waals surface area contributed by atoms with Crippen molar-refractivity contribution in [3.63, 3.8) is 0 Å². The fourth-order valence-corrected chi connectivity index (χ4v) is 0.831. The van der Waals surface area contributed by atoms with E-state index in [1.807, 2.05) is 34.6 Å². The number of rotatable bonds is 3. The van der Waals surface area contributed by atoms with Crippen LogP contribution < -0.4 is 16.4 Å². The van der Waals surface area contributed by atoms with Gasteiger partial charge in [-0.05, 0) is 26.7 Å². The first-order valence-electron chi connectivity index (χ1n) is 5.04. The van der Waals surface area contributed by atoms with Crippen LogP contribution in [0.15, 0.2) is 0 Å². The van der Waals surface area contributed by atoms with Gasteiger partial charge in [0, 0.05) is 18.1 Å². The van der Waals surface area contributed by atoms with Crippen molar-refractivity contribution in [3.8, 4) is 0 Å². The van der Waals surface area contributed by atoms with Gasteiger partial charge in [0.1, 0.15) is 0 Å². The van der Waals surface area contributed by atoms with E-state index >= 15 is 0 Å². The fourth-order valence-electron chi connectivity index (χ4n) is 0.831. The monoisotopic (exact) mass is 201 g/mol. The minimum Gasteiger partial charge on any atom is -0.337 e. The van der Waals surface area contributed by atoms with Crippen LogP contribution in [-0.4, -0.2) is 24.2 Å². The molecule has 1 atom stereocenters. The SMILES string of the molecule is CC(C)C(N)CNC(=O)NC(C)(C)C. The molecule has 0 heterocycles. The van der Waals surface area contributed by atoms with E-state index < -0.39 is 0 Å². The Morgan fingerprint density at radius 1 is 1.36 bits per heavy atom. The number of hydrogen-bond acceptors (Lipinski definition) is 2. The molecule has 0 rings (SSSR count). The summed E-state index contributed by atoms with van der Waals surface area (Å²) >= 11 is 0. The summed E-state index contributed by atoms with van der Waals surface area (Å²) in [5.74, 6) is 0.380. The van der Waals surface area contributed by atoms with Gasteiger partial charge in [0.25, 0.3) is 0 Å². The highest BCUT2D eigenvalue weighted by atomic mass is 16.2. The highest BCUT2D eigenvalue weighted by molar-refractivity contribution is 5.74. The average Bonchev–Trinajstić information content (AvgIpc) is 1.96. The van der Waals surface area contributed by atoms with E-state index in [2.05, 4.69) is 10.6 Å². The Balaban J connectivity index is 3.75. The number of hydrogen-bond donors (Lipinski definition) is 3. The van der Waals surface area contributed by atoms with Gasteiger partial charge in [-0.15, -0.1) is 0 Å². The van der Waals surface area contributed by atoms with Gasteiger partial charge in [-0.1, -0.05) is 13.8 Å². The van der Waals surface area contributed by atoms with Gasteiger partial charge >= 0.3 is 6.03 Å². The third-order valence-electron chi connectivity index (χ3n) is 1.84. The van der Waals surface area contributed by atoms with Crippen LogP contribution in [0.2, 0.25) is 0 Å². The number of nitrogens with one attached hydrogen (secondary N) is 2. The molecule has 0 radical (unpaired) electrons. The lowest BCUT2D eigenvalue weighted by Gasteiger charge is -2.22. The quantitative estimate of drug-likeness (QED) is 0.639. The molecule has 0 saturated carbocycles. The van der Waals surface area contributed by atoms with Crippen LogP contribution in [0.5, 0.6) is 0 Å². The molecule has 0 aliphatic carbocycles. The topological polar surface area (TPSA) is 67.1 Å². The van der Waals surface area contributed by atoms with E-state index in [1.54, 1.807) is 0 Å². The Morgan fingerprint density at radius 2 is 1.86 bits per heavy atom. The number of amides is 2. The second-order valence-corrected chi connectivity index (χ2v) is 4.99. The predicted molar refractivity (Wildman–Crippen MR) is 59.1 cm³/mol. The molecule has 4 nitrogen and oxygen atoms in total. The maximum absolute atomic E-state index is 11.3. The van der Waals surface area contributed by atoms with Gasteiger partial charge in [0.2, 0.25) is 0 Å². The van der Waals surface area contributed by atoms with E-state index in [9.17, 15) is 4.79 Å². The Hall–Kier alpha value is -0.770. The molecule has 14 heavy (non-hydrogen) atoms. The summed E-state index contributed by atoms with van der Waals surface area (Å²) in [6.45, 7) is 10.4. The van der Waals surface area contributed by atoms with Crippen molar-refractivity contribution in [2.45, 2.75) is 46.2 Å². The van der Waals surface area contributed by atoms with E-state index in [0.717, 1.165) is 0 Å². The molecule has 0 aromatic heterocycles. The first-order chi connectivity index (χ1) is 6.22. The van der Waals surface area contributed by atoms with Crippen LogP contribution in [0.1, 0.15) is 34.6 Å². The van der Waals surface area contributed by atoms with Crippen molar-refractivity contribution in [1.29, 1.82) is 0 Å². The first-order valence-corrected chi connectivity index (χ1v) is 5.04. The summed E-state index contributed by atoms with van der Waals surface area (Å²) in [6, 6.07) is -0.144. The second-order valence-electron chi connectivity index (χ2n) is 4.99. The Bertz CT molecular complexity index is 184. The molecule has 4 heteroatoms. The molecule has 0 aliphatic heterocycles. The number of nitrogens with two attached hydrogens (primary N) is 1. The molecule has 0 saturated heterocycles. The Labute approximate surface area is 86.6 Å².